The number of rotatable bonds is 1. The van der Waals surface area contributed by atoms with Crippen LogP contribution < -0.4 is 0 Å². The fourth-order valence-electron chi connectivity index (χ4n) is 2.82. The van der Waals surface area contributed by atoms with E-state index in [9.17, 15) is 4.79 Å². The molecule has 1 saturated carbocycles. The van der Waals surface area contributed by atoms with Gasteiger partial charge in [0.1, 0.15) is 0 Å². The fraction of sp³-hybridized carbons (Fsp3) is 0.900. The summed E-state index contributed by atoms with van der Waals surface area (Å²) >= 11 is 0. The van der Waals surface area contributed by atoms with E-state index in [0.717, 1.165) is 25.9 Å². The number of ether oxygens (including phenoxy) is 1. The summed E-state index contributed by atoms with van der Waals surface area (Å²) in [5.74, 6) is -0.0963. The minimum absolute atomic E-state index is 0.156. The van der Waals surface area contributed by atoms with Crippen LogP contribution in [0.1, 0.15) is 26.2 Å². The van der Waals surface area contributed by atoms with Gasteiger partial charge < -0.3 is 9.84 Å². The van der Waals surface area contributed by atoms with E-state index in [1.165, 1.54) is 0 Å². The number of fused-ring (bicyclic) bond motifs is 1. The molecule has 0 aromatic heterocycles. The number of carboxylic acid groups (broad SMARTS) is 1. The van der Waals surface area contributed by atoms with Crippen molar-refractivity contribution in [1.29, 1.82) is 0 Å². The molecule has 3 heteroatoms. The van der Waals surface area contributed by atoms with E-state index in [2.05, 4.69) is 6.92 Å². The highest BCUT2D eigenvalue weighted by molar-refractivity contribution is 5.70. The number of carbonyl (C=O) groups is 1. The molecule has 1 N–H and O–H groups in total. The van der Waals surface area contributed by atoms with Gasteiger partial charge in [-0.3, -0.25) is 4.79 Å². The molecule has 0 unspecified atom stereocenters. The van der Waals surface area contributed by atoms with Crippen molar-refractivity contribution < 1.29 is 14.6 Å². The molecule has 1 aliphatic carbocycles. The summed E-state index contributed by atoms with van der Waals surface area (Å²) in [7, 11) is 0. The molecule has 74 valence electrons. The summed E-state index contributed by atoms with van der Waals surface area (Å²) in [4.78, 5) is 11.0. The predicted molar refractivity (Wildman–Crippen MR) is 47.4 cm³/mol. The van der Waals surface area contributed by atoms with Gasteiger partial charge in [0.2, 0.25) is 0 Å². The Morgan fingerprint density at radius 3 is 2.92 bits per heavy atom. The maximum atomic E-state index is 11.0. The first-order chi connectivity index (χ1) is 6.20. The van der Waals surface area contributed by atoms with Crippen LogP contribution >= 0.6 is 0 Å². The second-order valence-electron chi connectivity index (χ2n) is 4.30. The standard InChI is InChI=1S/C10H16O3/c1-6-5-13-8-4-2-3-7(9(6)8)10(11)12/h6-9H,2-5H2,1H3,(H,11,12)/t6-,7+,8-,9+/m1/s1. The third kappa shape index (κ3) is 1.46. The second kappa shape index (κ2) is 3.29. The Kier molecular flexibility index (Phi) is 2.28. The molecule has 2 aliphatic rings. The first-order valence-electron chi connectivity index (χ1n) is 5.04. The summed E-state index contributed by atoms with van der Waals surface area (Å²) < 4.78 is 5.59. The third-order valence-electron chi connectivity index (χ3n) is 3.45. The molecule has 0 radical (unpaired) electrons. The Bertz CT molecular complexity index is 212. The maximum absolute atomic E-state index is 11.0. The normalized spacial score (nSPS) is 44.4. The van der Waals surface area contributed by atoms with E-state index in [4.69, 9.17) is 9.84 Å². The molecule has 0 bridgehead atoms. The quantitative estimate of drug-likeness (QED) is 0.672. The predicted octanol–water partition coefficient (Wildman–Crippen LogP) is 1.52. The van der Waals surface area contributed by atoms with Gasteiger partial charge in [-0.2, -0.15) is 0 Å². The molecule has 1 saturated heterocycles. The molecule has 0 aromatic rings. The van der Waals surface area contributed by atoms with Crippen molar-refractivity contribution in [2.45, 2.75) is 32.3 Å². The Hall–Kier alpha value is -0.570. The Balaban J connectivity index is 2.14. The highest BCUT2D eigenvalue weighted by Gasteiger charge is 2.44. The Morgan fingerprint density at radius 2 is 2.23 bits per heavy atom. The molecule has 4 atom stereocenters. The lowest BCUT2D eigenvalue weighted by Crippen LogP contribution is -2.36. The van der Waals surface area contributed by atoms with Gasteiger partial charge in [-0.05, 0) is 25.2 Å². The lowest BCUT2D eigenvalue weighted by atomic mass is 9.73. The Labute approximate surface area is 78.1 Å². The zero-order valence-electron chi connectivity index (χ0n) is 7.90. The van der Waals surface area contributed by atoms with Crippen molar-refractivity contribution in [2.75, 3.05) is 6.61 Å². The summed E-state index contributed by atoms with van der Waals surface area (Å²) in [6.07, 6.45) is 3.12. The molecule has 1 heterocycles. The highest BCUT2D eigenvalue weighted by atomic mass is 16.5. The average Bonchev–Trinajstić information content (AvgIpc) is 2.48. The summed E-state index contributed by atoms with van der Waals surface area (Å²) in [6.45, 7) is 2.85. The van der Waals surface area contributed by atoms with Crippen molar-refractivity contribution >= 4 is 5.97 Å². The molecule has 0 aromatic carbocycles. The zero-order chi connectivity index (χ0) is 9.42. The van der Waals surface area contributed by atoms with Crippen LogP contribution in [0.15, 0.2) is 0 Å². The van der Waals surface area contributed by atoms with E-state index >= 15 is 0 Å². The minimum atomic E-state index is -0.632. The van der Waals surface area contributed by atoms with Crippen LogP contribution in [0.3, 0.4) is 0 Å². The van der Waals surface area contributed by atoms with Crippen molar-refractivity contribution in [2.24, 2.45) is 17.8 Å². The lowest BCUT2D eigenvalue weighted by molar-refractivity contribution is -0.146. The highest BCUT2D eigenvalue weighted by Crippen LogP contribution is 2.41. The summed E-state index contributed by atoms with van der Waals surface area (Å²) in [6, 6.07) is 0. The molecule has 2 rings (SSSR count). The fourth-order valence-corrected chi connectivity index (χ4v) is 2.82. The SMILES string of the molecule is C[C@@H]1CO[C@@H]2CCC[C@H](C(=O)O)[C@H]12. The maximum Gasteiger partial charge on any atom is 0.306 e. The summed E-state index contributed by atoms with van der Waals surface area (Å²) in [5.41, 5.74) is 0. The van der Waals surface area contributed by atoms with Gasteiger partial charge in [0.15, 0.2) is 0 Å². The summed E-state index contributed by atoms with van der Waals surface area (Å²) in [5, 5.41) is 9.05. The van der Waals surface area contributed by atoms with Gasteiger partial charge in [-0.25, -0.2) is 0 Å². The van der Waals surface area contributed by atoms with Crippen LogP contribution in [-0.4, -0.2) is 23.8 Å². The third-order valence-corrected chi connectivity index (χ3v) is 3.45. The molecule has 0 amide bonds. The number of hydrogen-bond acceptors (Lipinski definition) is 2. The average molecular weight is 184 g/mol. The molecule has 3 nitrogen and oxygen atoms in total. The monoisotopic (exact) mass is 184 g/mol. The van der Waals surface area contributed by atoms with Crippen molar-refractivity contribution in [3.05, 3.63) is 0 Å². The lowest BCUT2D eigenvalue weighted by Gasteiger charge is -2.31. The Morgan fingerprint density at radius 1 is 1.46 bits per heavy atom. The molecule has 0 spiro atoms. The van der Waals surface area contributed by atoms with E-state index in [0.29, 0.717) is 5.92 Å². The van der Waals surface area contributed by atoms with Crippen molar-refractivity contribution in [3.63, 3.8) is 0 Å². The molecule has 13 heavy (non-hydrogen) atoms. The van der Waals surface area contributed by atoms with Gasteiger partial charge in [0.05, 0.1) is 12.0 Å². The molecular formula is C10H16O3. The topological polar surface area (TPSA) is 46.5 Å². The number of aliphatic carboxylic acids is 1. The first-order valence-corrected chi connectivity index (χ1v) is 5.04. The molecular weight excluding hydrogens is 168 g/mol. The zero-order valence-corrected chi connectivity index (χ0v) is 7.90. The minimum Gasteiger partial charge on any atom is -0.481 e. The number of carboxylic acids is 1. The van der Waals surface area contributed by atoms with Crippen LogP contribution in [0.2, 0.25) is 0 Å². The van der Waals surface area contributed by atoms with Crippen LogP contribution in [-0.2, 0) is 9.53 Å². The van der Waals surface area contributed by atoms with Crippen molar-refractivity contribution in [1.82, 2.24) is 0 Å². The van der Waals surface area contributed by atoms with E-state index in [1.54, 1.807) is 0 Å². The van der Waals surface area contributed by atoms with Crippen LogP contribution in [0.4, 0.5) is 0 Å². The largest absolute Gasteiger partial charge is 0.481 e. The van der Waals surface area contributed by atoms with E-state index < -0.39 is 5.97 Å². The van der Waals surface area contributed by atoms with Gasteiger partial charge in [0.25, 0.3) is 0 Å². The van der Waals surface area contributed by atoms with Gasteiger partial charge in [-0.15, -0.1) is 0 Å². The first kappa shape index (κ1) is 9.00. The van der Waals surface area contributed by atoms with Gasteiger partial charge in [-0.1, -0.05) is 6.92 Å². The smallest absolute Gasteiger partial charge is 0.306 e. The molecule has 1 aliphatic heterocycles. The number of hydrogen-bond donors (Lipinski definition) is 1. The van der Waals surface area contributed by atoms with Gasteiger partial charge in [0, 0.05) is 12.5 Å². The van der Waals surface area contributed by atoms with Crippen LogP contribution in [0.5, 0.6) is 0 Å². The van der Waals surface area contributed by atoms with Crippen molar-refractivity contribution in [3.8, 4) is 0 Å². The molecule has 2 fully saturated rings. The van der Waals surface area contributed by atoms with E-state index in [-0.39, 0.29) is 17.9 Å². The van der Waals surface area contributed by atoms with E-state index in [1.807, 2.05) is 0 Å². The van der Waals surface area contributed by atoms with Crippen LogP contribution in [0.25, 0.3) is 0 Å². The van der Waals surface area contributed by atoms with Crippen LogP contribution in [0, 0.1) is 17.8 Å². The van der Waals surface area contributed by atoms with Gasteiger partial charge >= 0.3 is 5.97 Å². The second-order valence-corrected chi connectivity index (χ2v) is 4.30.